The van der Waals surface area contributed by atoms with Gasteiger partial charge in [0.05, 0.1) is 4.47 Å². The zero-order valence-corrected chi connectivity index (χ0v) is 15.2. The summed E-state index contributed by atoms with van der Waals surface area (Å²) in [4.78, 5) is 14.8. The van der Waals surface area contributed by atoms with E-state index in [2.05, 4.69) is 31.4 Å². The number of carbonyl (C=O) groups is 1. The highest BCUT2D eigenvalue weighted by molar-refractivity contribution is 9.10. The van der Waals surface area contributed by atoms with Crippen molar-refractivity contribution < 1.29 is 4.79 Å². The minimum Gasteiger partial charge on any atom is -0.337 e. The molecular weight excluding hydrogens is 368 g/mol. The lowest BCUT2D eigenvalue weighted by Gasteiger charge is -2.35. The van der Waals surface area contributed by atoms with Crippen molar-refractivity contribution in [2.24, 2.45) is 0 Å². The minimum absolute atomic E-state index is 0.00264. The molecular formula is C18H21BrN4O. The van der Waals surface area contributed by atoms with Crippen LogP contribution in [0.15, 0.2) is 34.8 Å². The van der Waals surface area contributed by atoms with Crippen molar-refractivity contribution in [2.45, 2.75) is 43.8 Å². The van der Waals surface area contributed by atoms with E-state index in [9.17, 15) is 4.79 Å². The summed E-state index contributed by atoms with van der Waals surface area (Å²) < 4.78 is 0.738. The maximum atomic E-state index is 12.9. The van der Waals surface area contributed by atoms with Crippen molar-refractivity contribution in [3.63, 3.8) is 0 Å². The van der Waals surface area contributed by atoms with Crippen LogP contribution < -0.4 is 5.32 Å². The quantitative estimate of drug-likeness (QED) is 0.848. The Balaban J connectivity index is 1.55. The summed E-state index contributed by atoms with van der Waals surface area (Å²) >= 11 is 3.56. The number of hydrogen-bond donors (Lipinski definition) is 2. The van der Waals surface area contributed by atoms with Gasteiger partial charge in [0.2, 0.25) is 0 Å². The Kier molecular flexibility index (Phi) is 4.18. The van der Waals surface area contributed by atoms with Crippen LogP contribution in [-0.4, -0.2) is 46.2 Å². The van der Waals surface area contributed by atoms with Crippen LogP contribution in [0, 0.1) is 0 Å². The molecule has 2 N–H and O–H groups in total. The molecule has 2 atom stereocenters. The second-order valence-corrected chi connectivity index (χ2v) is 7.60. The molecule has 2 saturated heterocycles. The molecule has 0 spiro atoms. The molecule has 0 aliphatic carbocycles. The number of nitrogens with one attached hydrogen (secondary N) is 2. The Hall–Kier alpha value is -1.66. The van der Waals surface area contributed by atoms with Gasteiger partial charge in [-0.1, -0.05) is 30.3 Å². The molecule has 126 valence electrons. The van der Waals surface area contributed by atoms with Gasteiger partial charge in [0, 0.05) is 30.7 Å². The van der Waals surface area contributed by atoms with Gasteiger partial charge in [-0.05, 0) is 41.6 Å². The molecule has 6 heteroatoms. The number of nitrogens with zero attached hydrogens (tertiary/aromatic N) is 2. The summed E-state index contributed by atoms with van der Waals surface area (Å²) in [5.74, 6) is 0.00264. The molecule has 5 nitrogen and oxygen atoms in total. The maximum Gasteiger partial charge on any atom is 0.273 e. The number of aromatic amines is 1. The Morgan fingerprint density at radius 1 is 1.21 bits per heavy atom. The first-order chi connectivity index (χ1) is 11.6. The molecule has 2 aliphatic rings. The fourth-order valence-electron chi connectivity index (χ4n) is 3.94. The number of rotatable bonds is 3. The van der Waals surface area contributed by atoms with Crippen molar-refractivity contribution in [3.8, 4) is 11.3 Å². The molecule has 2 bridgehead atoms. The highest BCUT2D eigenvalue weighted by atomic mass is 79.9. The lowest BCUT2D eigenvalue weighted by Crippen LogP contribution is -2.48. The van der Waals surface area contributed by atoms with Crippen LogP contribution in [-0.2, 0) is 0 Å². The van der Waals surface area contributed by atoms with Gasteiger partial charge in [0.1, 0.15) is 11.4 Å². The number of halogens is 1. The average molecular weight is 389 g/mol. The summed E-state index contributed by atoms with van der Waals surface area (Å²) in [5.41, 5.74) is 2.29. The first-order valence-electron chi connectivity index (χ1n) is 8.46. The highest BCUT2D eigenvalue weighted by Crippen LogP contribution is 2.32. The van der Waals surface area contributed by atoms with Crippen LogP contribution in [0.1, 0.15) is 36.2 Å². The van der Waals surface area contributed by atoms with Gasteiger partial charge < -0.3 is 10.2 Å². The first kappa shape index (κ1) is 15.8. The normalized spacial score (nSPS) is 25.7. The number of benzene rings is 1. The Labute approximate surface area is 149 Å². The van der Waals surface area contributed by atoms with Crippen LogP contribution in [0.5, 0.6) is 0 Å². The summed E-state index contributed by atoms with van der Waals surface area (Å²) in [5, 5.41) is 10.9. The number of fused-ring (bicyclic) bond motifs is 2. The van der Waals surface area contributed by atoms with Gasteiger partial charge in [-0.2, -0.15) is 5.10 Å². The molecule has 2 fully saturated rings. The first-order valence-corrected chi connectivity index (χ1v) is 9.25. The van der Waals surface area contributed by atoms with Crippen molar-refractivity contribution in [3.05, 3.63) is 40.5 Å². The fraction of sp³-hybridized carbons (Fsp3) is 0.444. The standard InChI is InChI=1S/C18H21BrN4O/c1-23(14-9-12-7-8-13(10-14)20-12)18(24)17-15(19)16(21-22-17)11-5-3-2-4-6-11/h2-6,12-14,20H,7-10H2,1H3,(H,21,22). The monoisotopic (exact) mass is 388 g/mol. The highest BCUT2D eigenvalue weighted by Gasteiger charge is 2.37. The molecule has 2 aliphatic heterocycles. The van der Waals surface area contributed by atoms with E-state index in [1.54, 1.807) is 0 Å². The van der Waals surface area contributed by atoms with Gasteiger partial charge in [-0.3, -0.25) is 9.89 Å². The number of hydrogen-bond acceptors (Lipinski definition) is 3. The van der Waals surface area contributed by atoms with Crippen LogP contribution in [0.3, 0.4) is 0 Å². The maximum absolute atomic E-state index is 12.9. The van der Waals surface area contributed by atoms with Gasteiger partial charge >= 0.3 is 0 Å². The number of aromatic nitrogens is 2. The predicted molar refractivity (Wildman–Crippen MR) is 96.8 cm³/mol. The second kappa shape index (κ2) is 6.33. The third-order valence-corrected chi connectivity index (χ3v) is 6.06. The van der Waals surface area contributed by atoms with Crippen LogP contribution in [0.25, 0.3) is 11.3 Å². The van der Waals surface area contributed by atoms with E-state index >= 15 is 0 Å². The van der Waals surface area contributed by atoms with E-state index in [0.717, 1.165) is 28.6 Å². The number of H-pyrrole nitrogens is 1. The van der Waals surface area contributed by atoms with Crippen molar-refractivity contribution >= 4 is 21.8 Å². The summed E-state index contributed by atoms with van der Waals surface area (Å²) in [6.07, 6.45) is 4.54. The Morgan fingerprint density at radius 2 is 1.88 bits per heavy atom. The third-order valence-electron chi connectivity index (χ3n) is 5.28. The lowest BCUT2D eigenvalue weighted by molar-refractivity contribution is 0.0675. The zero-order chi connectivity index (χ0) is 16.7. The Bertz CT molecular complexity index is 733. The van der Waals surface area contributed by atoms with Crippen molar-refractivity contribution in [1.82, 2.24) is 20.4 Å². The van der Waals surface area contributed by atoms with Crippen molar-refractivity contribution in [1.29, 1.82) is 0 Å². The van der Waals surface area contributed by atoms with Gasteiger partial charge in [-0.25, -0.2) is 0 Å². The molecule has 1 amide bonds. The smallest absolute Gasteiger partial charge is 0.273 e. The summed E-state index contributed by atoms with van der Waals surface area (Å²) in [6.45, 7) is 0. The largest absolute Gasteiger partial charge is 0.337 e. The number of piperidine rings is 1. The summed E-state index contributed by atoms with van der Waals surface area (Å²) in [6, 6.07) is 11.3. The molecule has 24 heavy (non-hydrogen) atoms. The van der Waals surface area contributed by atoms with Crippen LogP contribution in [0.2, 0.25) is 0 Å². The Morgan fingerprint density at radius 3 is 2.54 bits per heavy atom. The van der Waals surface area contributed by atoms with Crippen LogP contribution >= 0.6 is 15.9 Å². The number of amides is 1. The molecule has 2 aromatic rings. The van der Waals surface area contributed by atoms with Crippen molar-refractivity contribution in [2.75, 3.05) is 7.05 Å². The van der Waals surface area contributed by atoms with E-state index < -0.39 is 0 Å². The molecule has 1 aromatic carbocycles. The van der Waals surface area contributed by atoms with E-state index in [-0.39, 0.29) is 5.91 Å². The molecule has 3 heterocycles. The van der Waals surface area contributed by atoms with E-state index in [1.807, 2.05) is 42.3 Å². The van der Waals surface area contributed by atoms with Crippen LogP contribution in [0.4, 0.5) is 0 Å². The molecule has 2 unspecified atom stereocenters. The zero-order valence-electron chi connectivity index (χ0n) is 13.6. The fourth-order valence-corrected chi connectivity index (χ4v) is 4.52. The molecule has 0 radical (unpaired) electrons. The summed E-state index contributed by atoms with van der Waals surface area (Å²) in [7, 11) is 1.91. The number of carbonyl (C=O) groups excluding carboxylic acids is 1. The minimum atomic E-state index is 0.00264. The van der Waals surface area contributed by atoms with E-state index in [4.69, 9.17) is 0 Å². The topological polar surface area (TPSA) is 61.0 Å². The second-order valence-electron chi connectivity index (χ2n) is 6.81. The lowest BCUT2D eigenvalue weighted by atomic mass is 9.98. The van der Waals surface area contributed by atoms with Gasteiger partial charge in [0.25, 0.3) is 5.91 Å². The van der Waals surface area contributed by atoms with Gasteiger partial charge in [-0.15, -0.1) is 0 Å². The van der Waals surface area contributed by atoms with E-state index in [1.165, 1.54) is 12.8 Å². The van der Waals surface area contributed by atoms with E-state index in [0.29, 0.717) is 23.8 Å². The SMILES string of the molecule is CN(C(=O)c1[nH]nc(-c2ccccc2)c1Br)C1CC2CCC(C1)N2. The molecule has 4 rings (SSSR count). The average Bonchev–Trinajstić information content (AvgIpc) is 3.16. The third kappa shape index (κ3) is 2.78. The molecule has 0 saturated carbocycles. The predicted octanol–water partition coefficient (Wildman–Crippen LogP) is 3.19. The molecule has 1 aromatic heterocycles. The van der Waals surface area contributed by atoms with Gasteiger partial charge in [0.15, 0.2) is 0 Å².